The number of carbonyl (C=O) groups excluding carboxylic acids is 1. The Kier molecular flexibility index (Phi) is 3.38. The first-order valence-electron chi connectivity index (χ1n) is 6.51. The molecule has 112 valence electrons. The molecule has 0 fully saturated rings. The number of aryl methyl sites for hydroxylation is 1. The predicted octanol–water partition coefficient (Wildman–Crippen LogP) is 2.66. The van der Waals surface area contributed by atoms with Gasteiger partial charge in [-0.1, -0.05) is 17.7 Å². The molecule has 3 rings (SSSR count). The smallest absolute Gasteiger partial charge is 0.337 e. The average Bonchev–Trinajstić information content (AvgIpc) is 2.70. The SMILES string of the molecule is Cn1c(=O)n(C(=O)Nc2cccc(Cl)c2)c2cc(N)ccc21. The van der Waals surface area contributed by atoms with Gasteiger partial charge in [-0.25, -0.2) is 14.2 Å². The van der Waals surface area contributed by atoms with Crippen LogP contribution in [-0.4, -0.2) is 15.2 Å². The van der Waals surface area contributed by atoms with E-state index in [-0.39, 0.29) is 0 Å². The van der Waals surface area contributed by atoms with Crippen molar-refractivity contribution in [2.24, 2.45) is 7.05 Å². The number of halogens is 1. The van der Waals surface area contributed by atoms with Gasteiger partial charge in [-0.15, -0.1) is 0 Å². The summed E-state index contributed by atoms with van der Waals surface area (Å²) < 4.78 is 2.44. The third-order valence-corrected chi connectivity index (χ3v) is 3.59. The van der Waals surface area contributed by atoms with Crippen LogP contribution < -0.4 is 16.7 Å². The van der Waals surface area contributed by atoms with E-state index >= 15 is 0 Å². The van der Waals surface area contributed by atoms with Crippen molar-refractivity contribution in [2.75, 3.05) is 11.1 Å². The first kappa shape index (κ1) is 14.2. The Morgan fingerprint density at radius 3 is 2.68 bits per heavy atom. The van der Waals surface area contributed by atoms with Crippen LogP contribution in [0.2, 0.25) is 5.02 Å². The monoisotopic (exact) mass is 316 g/mol. The summed E-state index contributed by atoms with van der Waals surface area (Å²) in [7, 11) is 1.60. The summed E-state index contributed by atoms with van der Waals surface area (Å²) in [6, 6.07) is 11.1. The van der Waals surface area contributed by atoms with E-state index in [1.807, 2.05) is 0 Å². The molecule has 0 saturated carbocycles. The van der Waals surface area contributed by atoms with Gasteiger partial charge in [-0.05, 0) is 36.4 Å². The van der Waals surface area contributed by atoms with Gasteiger partial charge in [0.2, 0.25) is 0 Å². The number of rotatable bonds is 1. The molecule has 0 aliphatic rings. The van der Waals surface area contributed by atoms with Crippen molar-refractivity contribution in [3.63, 3.8) is 0 Å². The number of nitrogens with zero attached hydrogens (tertiary/aromatic N) is 2. The number of benzene rings is 2. The molecule has 3 N–H and O–H groups in total. The van der Waals surface area contributed by atoms with Crippen molar-refractivity contribution >= 4 is 40.0 Å². The van der Waals surface area contributed by atoms with Crippen molar-refractivity contribution in [1.29, 1.82) is 0 Å². The highest BCUT2D eigenvalue weighted by Crippen LogP contribution is 2.18. The third-order valence-electron chi connectivity index (χ3n) is 3.36. The van der Waals surface area contributed by atoms with Gasteiger partial charge in [0.25, 0.3) is 0 Å². The summed E-state index contributed by atoms with van der Waals surface area (Å²) in [5.74, 6) is 0. The highest BCUT2D eigenvalue weighted by molar-refractivity contribution is 6.30. The summed E-state index contributed by atoms with van der Waals surface area (Å²) in [6.45, 7) is 0. The number of nitrogens with one attached hydrogen (secondary N) is 1. The Balaban J connectivity index is 2.09. The molecule has 0 aliphatic carbocycles. The van der Waals surface area contributed by atoms with Crippen LogP contribution in [0.5, 0.6) is 0 Å². The highest BCUT2D eigenvalue weighted by atomic mass is 35.5. The van der Waals surface area contributed by atoms with Crippen molar-refractivity contribution in [3.05, 3.63) is 58.0 Å². The number of imidazole rings is 1. The Morgan fingerprint density at radius 1 is 1.18 bits per heavy atom. The molecular weight excluding hydrogens is 304 g/mol. The Hall–Kier alpha value is -2.73. The Bertz CT molecular complexity index is 942. The van der Waals surface area contributed by atoms with Crippen LogP contribution in [0, 0.1) is 0 Å². The minimum absolute atomic E-state index is 0.444. The number of fused-ring (bicyclic) bond motifs is 1. The van der Waals surface area contributed by atoms with Gasteiger partial charge in [0.15, 0.2) is 0 Å². The molecule has 22 heavy (non-hydrogen) atoms. The van der Waals surface area contributed by atoms with Crippen LogP contribution in [0.4, 0.5) is 16.2 Å². The number of nitrogens with two attached hydrogens (primary N) is 1. The van der Waals surface area contributed by atoms with Gasteiger partial charge in [-0.2, -0.15) is 0 Å². The lowest BCUT2D eigenvalue weighted by Gasteiger charge is -2.06. The van der Waals surface area contributed by atoms with E-state index in [0.717, 1.165) is 4.57 Å². The molecule has 0 spiro atoms. The van der Waals surface area contributed by atoms with Gasteiger partial charge in [0.05, 0.1) is 11.0 Å². The van der Waals surface area contributed by atoms with E-state index in [9.17, 15) is 9.59 Å². The van der Waals surface area contributed by atoms with E-state index in [1.54, 1.807) is 49.5 Å². The van der Waals surface area contributed by atoms with Crippen LogP contribution in [0.25, 0.3) is 11.0 Å². The van der Waals surface area contributed by atoms with Crippen molar-refractivity contribution < 1.29 is 4.79 Å². The van der Waals surface area contributed by atoms with Gasteiger partial charge in [-0.3, -0.25) is 4.57 Å². The van der Waals surface area contributed by atoms with Crippen LogP contribution in [0.3, 0.4) is 0 Å². The topological polar surface area (TPSA) is 82.0 Å². The fourth-order valence-electron chi connectivity index (χ4n) is 2.30. The maximum Gasteiger partial charge on any atom is 0.337 e. The summed E-state index contributed by atoms with van der Waals surface area (Å²) in [5.41, 5.74) is 7.36. The Labute approximate surface area is 130 Å². The number of nitrogen functional groups attached to an aromatic ring is 1. The van der Waals surface area contributed by atoms with Crippen LogP contribution in [0.15, 0.2) is 47.3 Å². The highest BCUT2D eigenvalue weighted by Gasteiger charge is 2.17. The third kappa shape index (κ3) is 2.33. The molecule has 1 aromatic heterocycles. The summed E-state index contributed by atoms with van der Waals surface area (Å²) in [4.78, 5) is 24.7. The zero-order chi connectivity index (χ0) is 15.9. The predicted molar refractivity (Wildman–Crippen MR) is 87.5 cm³/mol. The zero-order valence-electron chi connectivity index (χ0n) is 11.7. The molecule has 6 nitrogen and oxygen atoms in total. The van der Waals surface area contributed by atoms with E-state index in [1.165, 1.54) is 4.57 Å². The summed E-state index contributed by atoms with van der Waals surface area (Å²) in [5, 5.41) is 3.14. The maximum absolute atomic E-state index is 12.4. The molecule has 3 aromatic rings. The molecule has 0 radical (unpaired) electrons. The lowest BCUT2D eigenvalue weighted by molar-refractivity contribution is 0.253. The standard InChI is InChI=1S/C15H13ClN4O2/c1-19-12-6-5-10(17)8-13(12)20(15(19)22)14(21)18-11-4-2-3-9(16)7-11/h2-8H,17H2,1H3,(H,18,21). The number of aromatic nitrogens is 2. The van der Waals surface area contributed by atoms with Crippen molar-refractivity contribution in [2.45, 2.75) is 0 Å². The van der Waals surface area contributed by atoms with Crippen molar-refractivity contribution in [1.82, 2.24) is 9.13 Å². The van der Waals surface area contributed by atoms with Gasteiger partial charge in [0, 0.05) is 23.4 Å². The van der Waals surface area contributed by atoms with Gasteiger partial charge in [0.1, 0.15) is 0 Å². The normalized spacial score (nSPS) is 10.8. The van der Waals surface area contributed by atoms with Gasteiger partial charge < -0.3 is 11.1 Å². The van der Waals surface area contributed by atoms with E-state index in [2.05, 4.69) is 5.32 Å². The molecule has 0 unspecified atom stereocenters. The fraction of sp³-hybridized carbons (Fsp3) is 0.0667. The summed E-state index contributed by atoms with van der Waals surface area (Å²) in [6.07, 6.45) is 0. The second-order valence-electron chi connectivity index (χ2n) is 4.87. The molecule has 2 aromatic carbocycles. The van der Waals surface area contributed by atoms with E-state index in [4.69, 9.17) is 17.3 Å². The molecule has 7 heteroatoms. The lowest BCUT2D eigenvalue weighted by Crippen LogP contribution is -2.31. The van der Waals surface area contributed by atoms with Crippen molar-refractivity contribution in [3.8, 4) is 0 Å². The molecule has 0 atom stereocenters. The number of amides is 1. The van der Waals surface area contributed by atoms with E-state index < -0.39 is 11.7 Å². The lowest BCUT2D eigenvalue weighted by atomic mass is 10.3. The molecule has 0 bridgehead atoms. The Morgan fingerprint density at radius 2 is 1.95 bits per heavy atom. The molecule has 0 aliphatic heterocycles. The average molecular weight is 317 g/mol. The minimum Gasteiger partial charge on any atom is -0.399 e. The van der Waals surface area contributed by atoms with Crippen LogP contribution in [-0.2, 0) is 7.05 Å². The molecule has 1 heterocycles. The number of hydrogen-bond donors (Lipinski definition) is 2. The molecular formula is C15H13ClN4O2. The van der Waals surface area contributed by atoms with Gasteiger partial charge >= 0.3 is 11.7 Å². The largest absolute Gasteiger partial charge is 0.399 e. The molecule has 1 amide bonds. The second kappa shape index (κ2) is 5.23. The first-order valence-corrected chi connectivity index (χ1v) is 6.89. The minimum atomic E-state index is -0.566. The summed E-state index contributed by atoms with van der Waals surface area (Å²) >= 11 is 5.89. The first-order chi connectivity index (χ1) is 10.5. The van der Waals surface area contributed by atoms with Crippen LogP contribution in [0.1, 0.15) is 0 Å². The fourth-order valence-corrected chi connectivity index (χ4v) is 2.49. The quantitative estimate of drug-likeness (QED) is 0.677. The number of anilines is 2. The maximum atomic E-state index is 12.4. The molecule has 0 saturated heterocycles. The number of hydrogen-bond acceptors (Lipinski definition) is 3. The second-order valence-corrected chi connectivity index (χ2v) is 5.30. The van der Waals surface area contributed by atoms with Crippen LogP contribution >= 0.6 is 11.6 Å². The zero-order valence-corrected chi connectivity index (χ0v) is 12.5. The number of carbonyl (C=O) groups is 1. The van der Waals surface area contributed by atoms with E-state index in [0.29, 0.717) is 27.4 Å².